The van der Waals surface area contributed by atoms with Gasteiger partial charge in [-0.05, 0) is 44.5 Å². The van der Waals surface area contributed by atoms with Gasteiger partial charge in [0.05, 0.1) is 12.1 Å². The molecule has 0 radical (unpaired) electrons. The van der Waals surface area contributed by atoms with E-state index in [9.17, 15) is 9.59 Å². The molecule has 0 atom stereocenters. The lowest BCUT2D eigenvalue weighted by Gasteiger charge is -2.26. The molecular formula is C16H20N4O3. The molecule has 1 amide bonds. The van der Waals surface area contributed by atoms with Crippen molar-refractivity contribution < 1.29 is 14.7 Å². The van der Waals surface area contributed by atoms with E-state index < -0.39 is 5.97 Å². The molecule has 0 saturated heterocycles. The van der Waals surface area contributed by atoms with Crippen LogP contribution in [0.25, 0.3) is 5.69 Å². The van der Waals surface area contributed by atoms with E-state index in [-0.39, 0.29) is 24.9 Å². The van der Waals surface area contributed by atoms with Crippen molar-refractivity contribution in [3.8, 4) is 5.69 Å². The molecule has 0 aliphatic rings. The van der Waals surface area contributed by atoms with Crippen molar-refractivity contribution in [3.05, 3.63) is 42.0 Å². The third kappa shape index (κ3) is 3.94. The molecule has 0 unspecified atom stereocenters. The minimum Gasteiger partial charge on any atom is -0.481 e. The Morgan fingerprint density at radius 2 is 2.09 bits per heavy atom. The van der Waals surface area contributed by atoms with Crippen molar-refractivity contribution in [1.82, 2.24) is 19.7 Å². The summed E-state index contributed by atoms with van der Waals surface area (Å²) in [6, 6.07) is 5.25. The standard InChI is InChI=1S/C16H20N4O3/c1-11(2)19(7-6-15(21)22)16(23)13-4-5-14(12(3)8-13)20-10-17-9-18-20/h4-5,8-11H,6-7H2,1-3H3,(H,21,22). The number of aryl methyl sites for hydroxylation is 1. The maximum Gasteiger partial charge on any atom is 0.305 e. The number of carboxylic acid groups (broad SMARTS) is 1. The summed E-state index contributed by atoms with van der Waals surface area (Å²) >= 11 is 0. The van der Waals surface area contributed by atoms with Gasteiger partial charge in [0.25, 0.3) is 5.91 Å². The molecule has 2 aromatic rings. The van der Waals surface area contributed by atoms with Crippen LogP contribution in [0.15, 0.2) is 30.9 Å². The summed E-state index contributed by atoms with van der Waals surface area (Å²) in [6.07, 6.45) is 2.97. The number of aliphatic carboxylic acids is 1. The van der Waals surface area contributed by atoms with Gasteiger partial charge in [0, 0.05) is 18.2 Å². The Hall–Kier alpha value is -2.70. The van der Waals surface area contributed by atoms with Crippen molar-refractivity contribution in [3.63, 3.8) is 0 Å². The molecule has 0 aliphatic carbocycles. The van der Waals surface area contributed by atoms with Gasteiger partial charge in [0.1, 0.15) is 12.7 Å². The monoisotopic (exact) mass is 316 g/mol. The fourth-order valence-corrected chi connectivity index (χ4v) is 2.35. The highest BCUT2D eigenvalue weighted by atomic mass is 16.4. The molecule has 0 saturated carbocycles. The number of hydrogen-bond donors (Lipinski definition) is 1. The lowest BCUT2D eigenvalue weighted by molar-refractivity contribution is -0.137. The van der Waals surface area contributed by atoms with Gasteiger partial charge in [-0.3, -0.25) is 9.59 Å². The van der Waals surface area contributed by atoms with E-state index in [0.29, 0.717) is 5.56 Å². The van der Waals surface area contributed by atoms with E-state index in [2.05, 4.69) is 10.1 Å². The highest BCUT2D eigenvalue weighted by molar-refractivity contribution is 5.95. The lowest BCUT2D eigenvalue weighted by Crippen LogP contribution is -2.38. The quantitative estimate of drug-likeness (QED) is 0.879. The van der Waals surface area contributed by atoms with E-state index in [1.54, 1.807) is 28.0 Å². The number of carbonyl (C=O) groups is 2. The summed E-state index contributed by atoms with van der Waals surface area (Å²) in [6.45, 7) is 5.83. The first-order chi connectivity index (χ1) is 10.9. The minimum absolute atomic E-state index is 0.0695. The average molecular weight is 316 g/mol. The van der Waals surface area contributed by atoms with Crippen LogP contribution in [-0.4, -0.2) is 49.2 Å². The number of nitrogens with zero attached hydrogens (tertiary/aromatic N) is 4. The van der Waals surface area contributed by atoms with Crippen molar-refractivity contribution in [1.29, 1.82) is 0 Å². The maximum absolute atomic E-state index is 12.6. The molecule has 0 fully saturated rings. The Bertz CT molecular complexity index is 695. The van der Waals surface area contributed by atoms with Gasteiger partial charge < -0.3 is 10.0 Å². The largest absolute Gasteiger partial charge is 0.481 e. The Labute approximate surface area is 134 Å². The zero-order valence-corrected chi connectivity index (χ0v) is 13.4. The number of benzene rings is 1. The van der Waals surface area contributed by atoms with E-state index in [1.807, 2.05) is 26.8 Å². The van der Waals surface area contributed by atoms with E-state index in [0.717, 1.165) is 11.3 Å². The number of amides is 1. The fourth-order valence-electron chi connectivity index (χ4n) is 2.35. The molecule has 0 spiro atoms. The van der Waals surface area contributed by atoms with Gasteiger partial charge in [-0.25, -0.2) is 9.67 Å². The van der Waals surface area contributed by atoms with Gasteiger partial charge in [0.15, 0.2) is 0 Å². The zero-order valence-electron chi connectivity index (χ0n) is 13.4. The van der Waals surface area contributed by atoms with Crippen molar-refractivity contribution >= 4 is 11.9 Å². The van der Waals surface area contributed by atoms with Crippen LogP contribution < -0.4 is 0 Å². The molecule has 0 bridgehead atoms. The highest BCUT2D eigenvalue weighted by Crippen LogP contribution is 2.17. The molecule has 1 aromatic heterocycles. The lowest BCUT2D eigenvalue weighted by atomic mass is 10.1. The molecule has 7 heteroatoms. The van der Waals surface area contributed by atoms with Crippen LogP contribution in [0.1, 0.15) is 36.2 Å². The predicted molar refractivity (Wildman–Crippen MR) is 84.5 cm³/mol. The van der Waals surface area contributed by atoms with Crippen molar-refractivity contribution in [2.24, 2.45) is 0 Å². The summed E-state index contributed by atoms with van der Waals surface area (Å²) in [5, 5.41) is 12.9. The predicted octanol–water partition coefficient (Wildman–Crippen LogP) is 1.90. The van der Waals surface area contributed by atoms with Gasteiger partial charge in [-0.1, -0.05) is 0 Å². The van der Waals surface area contributed by atoms with Crippen LogP contribution in [0.5, 0.6) is 0 Å². The first-order valence-electron chi connectivity index (χ1n) is 7.38. The van der Waals surface area contributed by atoms with Gasteiger partial charge in [-0.15, -0.1) is 0 Å². The smallest absolute Gasteiger partial charge is 0.305 e. The molecule has 0 aliphatic heterocycles. The highest BCUT2D eigenvalue weighted by Gasteiger charge is 2.20. The summed E-state index contributed by atoms with van der Waals surface area (Å²) in [7, 11) is 0. The number of hydrogen-bond acceptors (Lipinski definition) is 4. The summed E-state index contributed by atoms with van der Waals surface area (Å²) in [5.74, 6) is -1.09. The first-order valence-corrected chi connectivity index (χ1v) is 7.38. The summed E-state index contributed by atoms with van der Waals surface area (Å²) in [4.78, 5) is 28.9. The number of carboxylic acids is 1. The molecule has 122 valence electrons. The third-order valence-corrected chi connectivity index (χ3v) is 3.56. The second-order valence-corrected chi connectivity index (χ2v) is 5.58. The fraction of sp³-hybridized carbons (Fsp3) is 0.375. The molecule has 1 aromatic carbocycles. The first kappa shape index (κ1) is 16.7. The van der Waals surface area contributed by atoms with Gasteiger partial charge in [0.2, 0.25) is 0 Å². The average Bonchev–Trinajstić information content (AvgIpc) is 3.00. The van der Waals surface area contributed by atoms with Crippen LogP contribution in [-0.2, 0) is 4.79 Å². The molecule has 1 N–H and O–H groups in total. The van der Waals surface area contributed by atoms with Crippen LogP contribution in [0.4, 0.5) is 0 Å². The zero-order chi connectivity index (χ0) is 17.0. The molecule has 2 rings (SSSR count). The van der Waals surface area contributed by atoms with Crippen LogP contribution in [0, 0.1) is 6.92 Å². The molecule has 23 heavy (non-hydrogen) atoms. The summed E-state index contributed by atoms with van der Waals surface area (Å²) in [5.41, 5.74) is 2.27. The SMILES string of the molecule is Cc1cc(C(=O)N(CCC(=O)O)C(C)C)ccc1-n1cncn1. The number of rotatable bonds is 6. The van der Waals surface area contributed by atoms with E-state index >= 15 is 0 Å². The van der Waals surface area contributed by atoms with Crippen LogP contribution in [0.3, 0.4) is 0 Å². The Balaban J connectivity index is 2.24. The molecular weight excluding hydrogens is 296 g/mol. The van der Waals surface area contributed by atoms with Crippen LogP contribution in [0.2, 0.25) is 0 Å². The van der Waals surface area contributed by atoms with Crippen molar-refractivity contribution in [2.75, 3.05) is 6.54 Å². The third-order valence-electron chi connectivity index (χ3n) is 3.56. The minimum atomic E-state index is -0.916. The van der Waals surface area contributed by atoms with E-state index in [1.165, 1.54) is 6.33 Å². The van der Waals surface area contributed by atoms with Gasteiger partial charge >= 0.3 is 5.97 Å². The normalized spacial score (nSPS) is 10.8. The topological polar surface area (TPSA) is 88.3 Å². The molecule has 7 nitrogen and oxygen atoms in total. The summed E-state index contributed by atoms with van der Waals surface area (Å²) < 4.78 is 1.63. The number of carbonyl (C=O) groups excluding carboxylic acids is 1. The second-order valence-electron chi connectivity index (χ2n) is 5.58. The van der Waals surface area contributed by atoms with Gasteiger partial charge in [-0.2, -0.15) is 5.10 Å². The Morgan fingerprint density at radius 1 is 1.35 bits per heavy atom. The van der Waals surface area contributed by atoms with Crippen molar-refractivity contribution in [2.45, 2.75) is 33.2 Å². The Morgan fingerprint density at radius 3 is 2.61 bits per heavy atom. The molecule has 1 heterocycles. The number of aromatic nitrogens is 3. The van der Waals surface area contributed by atoms with E-state index in [4.69, 9.17) is 5.11 Å². The maximum atomic E-state index is 12.6. The Kier molecular flexibility index (Phi) is 5.10. The van der Waals surface area contributed by atoms with Crippen LogP contribution >= 0.6 is 0 Å². The second kappa shape index (κ2) is 7.04.